The largest absolute Gasteiger partial charge is 0.478 e. The first-order chi connectivity index (χ1) is 9.40. The van der Waals surface area contributed by atoms with Gasteiger partial charge in [-0.05, 0) is 0 Å². The van der Waals surface area contributed by atoms with E-state index in [2.05, 4.69) is 15.2 Å². The summed E-state index contributed by atoms with van der Waals surface area (Å²) in [5.41, 5.74) is -1.10. The third-order valence-corrected chi connectivity index (χ3v) is 3.62. The van der Waals surface area contributed by atoms with Gasteiger partial charge in [0.25, 0.3) is 0 Å². The van der Waals surface area contributed by atoms with E-state index >= 15 is 0 Å². The van der Waals surface area contributed by atoms with Gasteiger partial charge in [0.05, 0.1) is 11.9 Å². The van der Waals surface area contributed by atoms with E-state index < -0.39 is 17.1 Å². The Morgan fingerprint density at radius 1 is 1.45 bits per heavy atom. The number of aromatic amines is 1. The van der Waals surface area contributed by atoms with Crippen molar-refractivity contribution in [3.8, 4) is 0 Å². The molecule has 0 fully saturated rings. The minimum Gasteiger partial charge on any atom is -0.478 e. The number of aromatic carboxylic acids is 1. The van der Waals surface area contributed by atoms with Crippen LogP contribution in [0.4, 0.5) is 0 Å². The van der Waals surface area contributed by atoms with E-state index in [-0.39, 0.29) is 16.5 Å². The lowest BCUT2D eigenvalue weighted by Gasteiger charge is -2.06. The molecule has 0 aliphatic rings. The number of H-pyrrole nitrogens is 1. The zero-order chi connectivity index (χ0) is 14.9. The normalized spacial score (nSPS) is 10.7. The number of thioether (sulfide) groups is 1. The molecule has 0 bridgehead atoms. The number of rotatable bonds is 4. The van der Waals surface area contributed by atoms with Gasteiger partial charge in [0.15, 0.2) is 5.16 Å². The van der Waals surface area contributed by atoms with Crippen LogP contribution in [0, 0.1) is 0 Å². The van der Waals surface area contributed by atoms with Gasteiger partial charge < -0.3 is 5.11 Å². The summed E-state index contributed by atoms with van der Waals surface area (Å²) >= 11 is 1.13. The minimum absolute atomic E-state index is 0.0921. The second kappa shape index (κ2) is 5.33. The van der Waals surface area contributed by atoms with Crippen molar-refractivity contribution in [1.82, 2.24) is 24.5 Å². The van der Waals surface area contributed by atoms with E-state index in [1.54, 1.807) is 7.05 Å². The van der Waals surface area contributed by atoms with Crippen LogP contribution >= 0.6 is 11.8 Å². The maximum absolute atomic E-state index is 11.2. The molecule has 2 aromatic heterocycles. The Morgan fingerprint density at radius 3 is 2.80 bits per heavy atom. The highest BCUT2D eigenvalue weighted by Crippen LogP contribution is 2.20. The van der Waals surface area contributed by atoms with E-state index in [1.165, 1.54) is 22.6 Å². The van der Waals surface area contributed by atoms with E-state index in [1.807, 2.05) is 0 Å². The van der Waals surface area contributed by atoms with Gasteiger partial charge in [-0.15, -0.1) is 0 Å². The highest BCUT2D eigenvalue weighted by Gasteiger charge is 2.16. The van der Waals surface area contributed by atoms with Crippen LogP contribution in [0.3, 0.4) is 0 Å². The maximum atomic E-state index is 11.2. The molecule has 0 saturated carbocycles. The SMILES string of the molecule is Cn1ncc(C(=O)O)c1CSc1nc(=O)c(=O)[nH]n1C. The number of aromatic nitrogens is 5. The van der Waals surface area contributed by atoms with Crippen LogP contribution in [-0.2, 0) is 19.8 Å². The number of aryl methyl sites for hydroxylation is 2. The van der Waals surface area contributed by atoms with Gasteiger partial charge in [-0.25, -0.2) is 4.79 Å². The summed E-state index contributed by atoms with van der Waals surface area (Å²) in [5.74, 6) is -0.818. The lowest BCUT2D eigenvalue weighted by molar-refractivity contribution is 0.0696. The van der Waals surface area contributed by atoms with E-state index in [4.69, 9.17) is 5.11 Å². The molecule has 2 rings (SSSR count). The third kappa shape index (κ3) is 2.64. The molecule has 0 unspecified atom stereocenters. The van der Waals surface area contributed by atoms with Crippen LogP contribution in [0.2, 0.25) is 0 Å². The molecule has 0 saturated heterocycles. The summed E-state index contributed by atoms with van der Waals surface area (Å²) in [5, 5.41) is 15.5. The molecule has 2 N–H and O–H groups in total. The lowest BCUT2D eigenvalue weighted by atomic mass is 10.3. The first-order valence-electron chi connectivity index (χ1n) is 5.44. The quantitative estimate of drug-likeness (QED) is 0.559. The van der Waals surface area contributed by atoms with Crippen LogP contribution in [0.1, 0.15) is 16.1 Å². The molecule has 9 nitrogen and oxygen atoms in total. The summed E-state index contributed by atoms with van der Waals surface area (Å²) in [6.45, 7) is 0. The lowest BCUT2D eigenvalue weighted by Crippen LogP contribution is -2.33. The fourth-order valence-corrected chi connectivity index (χ4v) is 2.53. The van der Waals surface area contributed by atoms with Crippen LogP contribution in [0.5, 0.6) is 0 Å². The van der Waals surface area contributed by atoms with Gasteiger partial charge >= 0.3 is 17.1 Å². The van der Waals surface area contributed by atoms with Crippen molar-refractivity contribution < 1.29 is 9.90 Å². The second-order valence-electron chi connectivity index (χ2n) is 3.92. The monoisotopic (exact) mass is 297 g/mol. The molecule has 0 aromatic carbocycles. The average molecular weight is 297 g/mol. The molecule has 10 heteroatoms. The predicted octanol–water partition coefficient (Wildman–Crippen LogP) is -0.807. The molecule has 106 valence electrons. The predicted molar refractivity (Wildman–Crippen MR) is 69.8 cm³/mol. The topological polar surface area (TPSA) is 123 Å². The number of carbonyl (C=O) groups is 1. The van der Waals surface area contributed by atoms with Gasteiger partial charge in [-0.2, -0.15) is 10.1 Å². The Balaban J connectivity index is 2.28. The first kappa shape index (κ1) is 14.1. The Kier molecular flexibility index (Phi) is 3.74. The number of nitrogens with zero attached hydrogens (tertiary/aromatic N) is 4. The standard InChI is InChI=1S/C10H11N5O4S/c1-14-6(5(3-11-14)9(18)19)4-20-10-12-7(16)8(17)13-15(10)2/h3H,4H2,1-2H3,(H,13,17)(H,18,19). The van der Waals surface area contributed by atoms with E-state index in [0.717, 1.165) is 11.8 Å². The summed E-state index contributed by atoms with van der Waals surface area (Å²) in [4.78, 5) is 36.9. The Hall–Kier alpha value is -2.36. The molecule has 0 atom stereocenters. The zero-order valence-corrected chi connectivity index (χ0v) is 11.5. The summed E-state index contributed by atoms with van der Waals surface area (Å²) < 4.78 is 2.76. The molecular formula is C10H11N5O4S. The smallest absolute Gasteiger partial charge is 0.339 e. The minimum atomic E-state index is -1.07. The molecule has 0 radical (unpaired) electrons. The number of carboxylic acids is 1. The number of carboxylic acid groups (broad SMARTS) is 1. The van der Waals surface area contributed by atoms with Gasteiger partial charge in [-0.1, -0.05) is 11.8 Å². The van der Waals surface area contributed by atoms with Crippen molar-refractivity contribution in [1.29, 1.82) is 0 Å². The highest BCUT2D eigenvalue weighted by atomic mass is 32.2. The molecule has 0 amide bonds. The highest BCUT2D eigenvalue weighted by molar-refractivity contribution is 7.98. The van der Waals surface area contributed by atoms with E-state index in [0.29, 0.717) is 5.69 Å². The Morgan fingerprint density at radius 2 is 2.15 bits per heavy atom. The van der Waals surface area contributed by atoms with E-state index in [9.17, 15) is 14.4 Å². The summed E-state index contributed by atoms with van der Waals surface area (Å²) in [6.07, 6.45) is 1.26. The third-order valence-electron chi connectivity index (χ3n) is 2.58. The average Bonchev–Trinajstić information content (AvgIpc) is 2.74. The van der Waals surface area contributed by atoms with Crippen molar-refractivity contribution in [2.45, 2.75) is 10.9 Å². The summed E-state index contributed by atoms with van der Waals surface area (Å²) in [6, 6.07) is 0. The van der Waals surface area contributed by atoms with Crippen LogP contribution < -0.4 is 11.1 Å². The molecule has 0 spiro atoms. The molecule has 0 aliphatic carbocycles. The Bertz CT molecular complexity index is 775. The second-order valence-corrected chi connectivity index (χ2v) is 4.86. The number of hydrogen-bond donors (Lipinski definition) is 2. The number of hydrogen-bond acceptors (Lipinski definition) is 6. The number of nitrogens with one attached hydrogen (secondary N) is 1. The molecule has 2 heterocycles. The Labute approximate surface area is 116 Å². The fraction of sp³-hybridized carbons (Fsp3) is 0.300. The molecular weight excluding hydrogens is 286 g/mol. The van der Waals surface area contributed by atoms with Crippen molar-refractivity contribution in [2.24, 2.45) is 14.1 Å². The van der Waals surface area contributed by atoms with Crippen molar-refractivity contribution in [2.75, 3.05) is 0 Å². The fourth-order valence-electron chi connectivity index (χ4n) is 1.54. The van der Waals surface area contributed by atoms with Crippen LogP contribution in [0.15, 0.2) is 20.9 Å². The van der Waals surface area contributed by atoms with Crippen LogP contribution in [0.25, 0.3) is 0 Å². The van der Waals surface area contributed by atoms with Crippen LogP contribution in [-0.4, -0.2) is 35.6 Å². The van der Waals surface area contributed by atoms with Gasteiger partial charge in [-0.3, -0.25) is 24.1 Å². The molecule has 2 aromatic rings. The van der Waals surface area contributed by atoms with Gasteiger partial charge in [0, 0.05) is 19.8 Å². The van der Waals surface area contributed by atoms with Crippen molar-refractivity contribution in [3.05, 3.63) is 38.2 Å². The molecule has 0 aliphatic heterocycles. The molecule has 20 heavy (non-hydrogen) atoms. The maximum Gasteiger partial charge on any atom is 0.339 e. The zero-order valence-electron chi connectivity index (χ0n) is 10.7. The first-order valence-corrected chi connectivity index (χ1v) is 6.43. The van der Waals surface area contributed by atoms with Gasteiger partial charge in [0.2, 0.25) is 0 Å². The van der Waals surface area contributed by atoms with Crippen molar-refractivity contribution >= 4 is 17.7 Å². The summed E-state index contributed by atoms with van der Waals surface area (Å²) in [7, 11) is 3.17. The van der Waals surface area contributed by atoms with Crippen molar-refractivity contribution in [3.63, 3.8) is 0 Å². The van der Waals surface area contributed by atoms with Gasteiger partial charge in [0.1, 0.15) is 5.56 Å².